The lowest BCUT2D eigenvalue weighted by molar-refractivity contribution is 0.509. The quantitative estimate of drug-likeness (QED) is 0.472. The molecule has 0 spiro atoms. The molecule has 0 saturated carbocycles. The predicted octanol–water partition coefficient (Wildman–Crippen LogP) is 4.72. The predicted molar refractivity (Wildman–Crippen MR) is 107 cm³/mol. The SMILES string of the molecule is CC1CCc2c(sc3nc(SC(C)C#N)n(-c4ccccc4F)c(=O)c23)C1. The number of halogens is 1. The number of nitriles is 1. The summed E-state index contributed by atoms with van der Waals surface area (Å²) in [7, 11) is 0. The first-order valence-corrected chi connectivity index (χ1v) is 10.6. The van der Waals surface area contributed by atoms with Crippen LogP contribution < -0.4 is 5.56 Å². The Labute approximate surface area is 164 Å². The lowest BCUT2D eigenvalue weighted by Gasteiger charge is -2.18. The van der Waals surface area contributed by atoms with E-state index in [-0.39, 0.29) is 11.2 Å². The van der Waals surface area contributed by atoms with E-state index in [0.717, 1.165) is 24.8 Å². The van der Waals surface area contributed by atoms with Gasteiger partial charge in [0.25, 0.3) is 5.56 Å². The minimum Gasteiger partial charge on any atom is -0.268 e. The van der Waals surface area contributed by atoms with Gasteiger partial charge in [0.1, 0.15) is 10.6 Å². The molecule has 0 fully saturated rings. The van der Waals surface area contributed by atoms with Crippen LogP contribution in [0.2, 0.25) is 0 Å². The van der Waals surface area contributed by atoms with Gasteiger partial charge in [0.05, 0.1) is 22.4 Å². The highest BCUT2D eigenvalue weighted by Gasteiger charge is 2.26. The molecule has 7 heteroatoms. The van der Waals surface area contributed by atoms with E-state index in [1.165, 1.54) is 27.3 Å². The second-order valence-electron chi connectivity index (χ2n) is 6.91. The molecule has 27 heavy (non-hydrogen) atoms. The number of hydrogen-bond acceptors (Lipinski definition) is 5. The van der Waals surface area contributed by atoms with Gasteiger partial charge in [-0.25, -0.2) is 9.37 Å². The zero-order valence-electron chi connectivity index (χ0n) is 15.0. The summed E-state index contributed by atoms with van der Waals surface area (Å²) >= 11 is 2.74. The molecule has 0 saturated heterocycles. The smallest absolute Gasteiger partial charge is 0.267 e. The standard InChI is InChI=1S/C20H18FN3OS2/c1-11-7-8-13-16(9-11)27-18-17(13)19(25)24(15-6-4-3-5-14(15)21)20(23-18)26-12(2)10-22/h3-6,11-12H,7-9H2,1-2H3. The van der Waals surface area contributed by atoms with E-state index in [2.05, 4.69) is 13.0 Å². The number of fused-ring (bicyclic) bond motifs is 3. The lowest BCUT2D eigenvalue weighted by atomic mass is 9.89. The molecule has 3 aromatic rings. The second-order valence-corrected chi connectivity index (χ2v) is 9.30. The molecule has 0 N–H and O–H groups in total. The highest BCUT2D eigenvalue weighted by Crippen LogP contribution is 2.37. The molecule has 2 atom stereocenters. The highest BCUT2D eigenvalue weighted by atomic mass is 32.2. The third kappa shape index (κ3) is 3.17. The molecule has 4 nitrogen and oxygen atoms in total. The van der Waals surface area contributed by atoms with E-state index in [4.69, 9.17) is 4.98 Å². The Bertz CT molecular complexity index is 1130. The van der Waals surface area contributed by atoms with Crippen LogP contribution in [0.1, 0.15) is 30.7 Å². The molecule has 1 aliphatic rings. The summed E-state index contributed by atoms with van der Waals surface area (Å²) in [5, 5.41) is 9.77. The average molecular weight is 400 g/mol. The third-order valence-corrected chi connectivity index (χ3v) is 6.95. The number of hydrogen-bond donors (Lipinski definition) is 0. The molecule has 0 amide bonds. The van der Waals surface area contributed by atoms with Gasteiger partial charge in [-0.3, -0.25) is 9.36 Å². The van der Waals surface area contributed by atoms with Crippen molar-refractivity contribution in [1.82, 2.24) is 9.55 Å². The molecule has 2 aromatic heterocycles. The van der Waals surface area contributed by atoms with Crippen molar-refractivity contribution in [3.8, 4) is 11.8 Å². The zero-order chi connectivity index (χ0) is 19.1. The van der Waals surface area contributed by atoms with E-state index >= 15 is 0 Å². The first-order valence-electron chi connectivity index (χ1n) is 8.88. The number of nitrogens with zero attached hydrogens (tertiary/aromatic N) is 3. The number of thioether (sulfide) groups is 1. The normalized spacial score (nSPS) is 17.5. The van der Waals surface area contributed by atoms with E-state index in [1.807, 2.05) is 0 Å². The molecule has 4 rings (SSSR count). The Balaban J connectivity index is 2.03. The van der Waals surface area contributed by atoms with Crippen molar-refractivity contribution < 1.29 is 4.39 Å². The Morgan fingerprint density at radius 3 is 2.96 bits per heavy atom. The summed E-state index contributed by atoms with van der Waals surface area (Å²) in [6.45, 7) is 3.96. The number of benzene rings is 1. The number of aromatic nitrogens is 2. The van der Waals surface area contributed by atoms with E-state index < -0.39 is 11.1 Å². The van der Waals surface area contributed by atoms with Gasteiger partial charge in [-0.15, -0.1) is 11.3 Å². The Morgan fingerprint density at radius 1 is 1.44 bits per heavy atom. The number of rotatable bonds is 3. The minimum absolute atomic E-state index is 0.175. The zero-order valence-corrected chi connectivity index (χ0v) is 16.7. The molecule has 1 aromatic carbocycles. The van der Waals surface area contributed by atoms with Crippen LogP contribution in [0.4, 0.5) is 4.39 Å². The average Bonchev–Trinajstić information content (AvgIpc) is 3.00. The summed E-state index contributed by atoms with van der Waals surface area (Å²) in [4.78, 5) is 20.1. The van der Waals surface area contributed by atoms with Gasteiger partial charge >= 0.3 is 0 Å². The first-order chi connectivity index (χ1) is 13.0. The molecule has 2 heterocycles. The van der Waals surface area contributed by atoms with E-state index in [9.17, 15) is 14.4 Å². The maximum absolute atomic E-state index is 14.5. The fourth-order valence-electron chi connectivity index (χ4n) is 3.48. The maximum Gasteiger partial charge on any atom is 0.267 e. The lowest BCUT2D eigenvalue weighted by Crippen LogP contribution is -2.24. The van der Waals surface area contributed by atoms with Crippen molar-refractivity contribution in [2.45, 2.75) is 43.5 Å². The molecule has 2 unspecified atom stereocenters. The van der Waals surface area contributed by atoms with Gasteiger partial charge < -0.3 is 0 Å². The van der Waals surface area contributed by atoms with Crippen LogP contribution in [0.15, 0.2) is 34.2 Å². The van der Waals surface area contributed by atoms with Gasteiger partial charge in [-0.05, 0) is 49.8 Å². The molecule has 0 bridgehead atoms. The van der Waals surface area contributed by atoms with Crippen LogP contribution in [-0.4, -0.2) is 14.8 Å². The topological polar surface area (TPSA) is 58.7 Å². The monoisotopic (exact) mass is 399 g/mol. The van der Waals surface area contributed by atoms with Gasteiger partial charge in [0.15, 0.2) is 5.16 Å². The van der Waals surface area contributed by atoms with Crippen molar-refractivity contribution in [3.05, 3.63) is 50.9 Å². The van der Waals surface area contributed by atoms with Gasteiger partial charge in [-0.1, -0.05) is 30.8 Å². The Morgan fingerprint density at radius 2 is 2.22 bits per heavy atom. The van der Waals surface area contributed by atoms with Gasteiger partial charge in [-0.2, -0.15) is 5.26 Å². The summed E-state index contributed by atoms with van der Waals surface area (Å²) < 4.78 is 15.8. The molecule has 1 aliphatic carbocycles. The van der Waals surface area contributed by atoms with Crippen molar-refractivity contribution in [3.63, 3.8) is 0 Å². The summed E-state index contributed by atoms with van der Waals surface area (Å²) in [6, 6.07) is 8.34. The van der Waals surface area contributed by atoms with Crippen LogP contribution in [-0.2, 0) is 12.8 Å². The van der Waals surface area contributed by atoms with Crippen LogP contribution in [0.5, 0.6) is 0 Å². The van der Waals surface area contributed by atoms with Crippen molar-refractivity contribution in [2.75, 3.05) is 0 Å². The van der Waals surface area contributed by atoms with Gasteiger partial charge in [0, 0.05) is 4.88 Å². The Kier molecular flexibility index (Phi) is 4.79. The largest absolute Gasteiger partial charge is 0.268 e. The minimum atomic E-state index is -0.482. The maximum atomic E-state index is 14.5. The van der Waals surface area contributed by atoms with Gasteiger partial charge in [0.2, 0.25) is 0 Å². The fourth-order valence-corrected chi connectivity index (χ4v) is 5.71. The van der Waals surface area contributed by atoms with Crippen LogP contribution in [0.25, 0.3) is 15.9 Å². The first kappa shape index (κ1) is 18.2. The fraction of sp³-hybridized carbons (Fsp3) is 0.350. The summed E-state index contributed by atoms with van der Waals surface area (Å²) in [6.07, 6.45) is 2.85. The second kappa shape index (κ2) is 7.10. The molecule has 0 aliphatic heterocycles. The molecular weight excluding hydrogens is 381 g/mol. The van der Waals surface area contributed by atoms with Crippen molar-refractivity contribution >= 4 is 33.3 Å². The van der Waals surface area contributed by atoms with E-state index in [1.54, 1.807) is 36.5 Å². The molecular formula is C20H18FN3OS2. The third-order valence-electron chi connectivity index (χ3n) is 4.86. The van der Waals surface area contributed by atoms with Crippen LogP contribution in [0.3, 0.4) is 0 Å². The highest BCUT2D eigenvalue weighted by molar-refractivity contribution is 8.00. The van der Waals surface area contributed by atoms with Crippen LogP contribution >= 0.6 is 23.1 Å². The number of aryl methyl sites for hydroxylation is 1. The van der Waals surface area contributed by atoms with Crippen molar-refractivity contribution in [2.24, 2.45) is 5.92 Å². The summed E-state index contributed by atoms with van der Waals surface area (Å²) in [5.41, 5.74) is 0.999. The summed E-state index contributed by atoms with van der Waals surface area (Å²) in [5.74, 6) is 0.108. The van der Waals surface area contributed by atoms with Crippen molar-refractivity contribution in [1.29, 1.82) is 5.26 Å². The molecule has 0 radical (unpaired) electrons. The Hall–Kier alpha value is -2.17. The van der Waals surface area contributed by atoms with E-state index in [0.29, 0.717) is 21.3 Å². The number of thiophene rings is 1. The number of para-hydroxylation sites is 1. The van der Waals surface area contributed by atoms with Crippen LogP contribution in [0, 0.1) is 23.1 Å². The molecule has 138 valence electrons.